The van der Waals surface area contributed by atoms with Crippen molar-refractivity contribution in [1.29, 1.82) is 0 Å². The molecule has 26 heavy (non-hydrogen) atoms. The van der Waals surface area contributed by atoms with E-state index in [1.165, 1.54) is 12.8 Å². The van der Waals surface area contributed by atoms with Crippen LogP contribution in [0.1, 0.15) is 55.5 Å². The Kier molecular flexibility index (Phi) is 6.27. The van der Waals surface area contributed by atoms with E-state index in [-0.39, 0.29) is 17.6 Å². The maximum absolute atomic E-state index is 12.5. The van der Waals surface area contributed by atoms with Crippen LogP contribution in [0.25, 0.3) is 5.69 Å². The molecule has 7 heteroatoms. The minimum atomic E-state index is -0.235. The van der Waals surface area contributed by atoms with Gasteiger partial charge in [0.25, 0.3) is 5.91 Å². The fourth-order valence-electron chi connectivity index (χ4n) is 3.23. The van der Waals surface area contributed by atoms with Crippen LogP contribution in [0.2, 0.25) is 5.02 Å². The minimum Gasteiger partial charge on any atom is -0.349 e. The van der Waals surface area contributed by atoms with Crippen molar-refractivity contribution in [1.82, 2.24) is 25.4 Å². The molecule has 1 fully saturated rings. The Labute approximate surface area is 159 Å². The lowest BCUT2D eigenvalue weighted by Crippen LogP contribution is -2.33. The summed E-state index contributed by atoms with van der Waals surface area (Å²) >= 11 is 6.30. The Morgan fingerprint density at radius 1 is 1.42 bits per heavy atom. The zero-order valence-corrected chi connectivity index (χ0v) is 16.1. The Morgan fingerprint density at radius 3 is 2.92 bits per heavy atom. The van der Waals surface area contributed by atoms with Crippen LogP contribution in [0.3, 0.4) is 0 Å². The SMILES string of the molecule is CC(C)c1nc(C(=O)NCCC2CCCNC2)nn1-c1ccccc1Cl. The van der Waals surface area contributed by atoms with Crippen molar-refractivity contribution in [3.8, 4) is 5.69 Å². The fourth-order valence-corrected chi connectivity index (χ4v) is 3.45. The maximum atomic E-state index is 12.5. The molecule has 1 atom stereocenters. The number of halogens is 1. The number of hydrogen-bond donors (Lipinski definition) is 2. The molecule has 1 aliphatic rings. The Hall–Kier alpha value is -1.92. The zero-order valence-electron chi connectivity index (χ0n) is 15.3. The number of aromatic nitrogens is 3. The molecule has 2 N–H and O–H groups in total. The number of para-hydroxylation sites is 1. The lowest BCUT2D eigenvalue weighted by molar-refractivity contribution is 0.0940. The quantitative estimate of drug-likeness (QED) is 0.813. The largest absolute Gasteiger partial charge is 0.349 e. The first-order valence-electron chi connectivity index (χ1n) is 9.27. The Bertz CT molecular complexity index is 752. The van der Waals surface area contributed by atoms with Crippen LogP contribution in [-0.4, -0.2) is 40.3 Å². The third-order valence-electron chi connectivity index (χ3n) is 4.67. The van der Waals surface area contributed by atoms with Crippen molar-refractivity contribution in [3.05, 3.63) is 40.9 Å². The number of carbonyl (C=O) groups is 1. The minimum absolute atomic E-state index is 0.119. The summed E-state index contributed by atoms with van der Waals surface area (Å²) in [4.78, 5) is 17.0. The van der Waals surface area contributed by atoms with E-state index in [2.05, 4.69) is 20.7 Å². The summed E-state index contributed by atoms with van der Waals surface area (Å²) in [7, 11) is 0. The molecule has 0 saturated carbocycles. The number of amides is 1. The smallest absolute Gasteiger partial charge is 0.290 e. The summed E-state index contributed by atoms with van der Waals surface area (Å²) in [5.74, 6) is 1.43. The summed E-state index contributed by atoms with van der Waals surface area (Å²) in [6.45, 7) is 6.82. The Morgan fingerprint density at radius 2 is 2.23 bits per heavy atom. The molecule has 1 aromatic heterocycles. The molecule has 0 bridgehead atoms. The standard InChI is InChI=1S/C19H26ClN5O/c1-13(2)18-23-17(24-25(18)16-8-4-3-7-15(16)20)19(26)22-11-9-14-6-5-10-21-12-14/h3-4,7-8,13-14,21H,5-6,9-12H2,1-2H3,(H,22,26). The van der Waals surface area contributed by atoms with Crippen molar-refractivity contribution in [2.75, 3.05) is 19.6 Å². The molecular weight excluding hydrogens is 350 g/mol. The van der Waals surface area contributed by atoms with Gasteiger partial charge in [0.1, 0.15) is 5.82 Å². The molecule has 0 spiro atoms. The number of carbonyl (C=O) groups excluding carboxylic acids is 1. The van der Waals surface area contributed by atoms with Crippen LogP contribution in [0.4, 0.5) is 0 Å². The molecule has 0 radical (unpaired) electrons. The predicted molar refractivity (Wildman–Crippen MR) is 103 cm³/mol. The van der Waals surface area contributed by atoms with Crippen LogP contribution < -0.4 is 10.6 Å². The van der Waals surface area contributed by atoms with Gasteiger partial charge in [-0.25, -0.2) is 9.67 Å². The second kappa shape index (κ2) is 8.64. The monoisotopic (exact) mass is 375 g/mol. The van der Waals surface area contributed by atoms with Gasteiger partial charge >= 0.3 is 0 Å². The molecule has 1 aliphatic heterocycles. The molecule has 1 aromatic carbocycles. The highest BCUT2D eigenvalue weighted by Crippen LogP contribution is 2.23. The van der Waals surface area contributed by atoms with Gasteiger partial charge in [-0.3, -0.25) is 4.79 Å². The highest BCUT2D eigenvalue weighted by Gasteiger charge is 2.21. The van der Waals surface area contributed by atoms with Gasteiger partial charge in [0, 0.05) is 12.5 Å². The molecule has 1 unspecified atom stereocenters. The highest BCUT2D eigenvalue weighted by molar-refractivity contribution is 6.32. The van der Waals surface area contributed by atoms with E-state index in [0.29, 0.717) is 17.5 Å². The van der Waals surface area contributed by atoms with E-state index < -0.39 is 0 Å². The number of nitrogens with zero attached hydrogens (tertiary/aromatic N) is 3. The predicted octanol–water partition coefficient (Wildman–Crippen LogP) is 3.16. The van der Waals surface area contributed by atoms with Gasteiger partial charge in [0.05, 0.1) is 10.7 Å². The summed E-state index contributed by atoms with van der Waals surface area (Å²) in [6, 6.07) is 7.44. The van der Waals surface area contributed by atoms with Gasteiger partial charge in [0.15, 0.2) is 0 Å². The van der Waals surface area contributed by atoms with Crippen LogP contribution in [0.5, 0.6) is 0 Å². The molecule has 140 valence electrons. The summed E-state index contributed by atoms with van der Waals surface area (Å²) in [5.41, 5.74) is 0.734. The lowest BCUT2D eigenvalue weighted by atomic mass is 9.96. The second-order valence-corrected chi connectivity index (χ2v) is 7.48. The van der Waals surface area contributed by atoms with Gasteiger partial charge in [0.2, 0.25) is 5.82 Å². The first-order valence-corrected chi connectivity index (χ1v) is 9.65. The zero-order chi connectivity index (χ0) is 18.5. The summed E-state index contributed by atoms with van der Waals surface area (Å²) in [5, 5.41) is 11.4. The number of piperidine rings is 1. The van der Waals surface area contributed by atoms with Crippen molar-refractivity contribution in [3.63, 3.8) is 0 Å². The summed E-state index contributed by atoms with van der Waals surface area (Å²) in [6.07, 6.45) is 3.40. The first kappa shape index (κ1) is 18.9. The van der Waals surface area contributed by atoms with Gasteiger partial charge in [-0.05, 0) is 50.4 Å². The Balaban J connectivity index is 1.70. The topological polar surface area (TPSA) is 71.8 Å². The molecule has 1 saturated heterocycles. The number of nitrogens with one attached hydrogen (secondary N) is 2. The molecule has 1 amide bonds. The van der Waals surface area contributed by atoms with Crippen LogP contribution in [0, 0.1) is 5.92 Å². The van der Waals surface area contributed by atoms with E-state index >= 15 is 0 Å². The molecule has 2 heterocycles. The van der Waals surface area contributed by atoms with Crippen molar-refractivity contribution in [2.24, 2.45) is 5.92 Å². The van der Waals surface area contributed by atoms with Gasteiger partial charge in [-0.1, -0.05) is 37.6 Å². The third kappa shape index (κ3) is 4.43. The first-order chi connectivity index (χ1) is 12.6. The van der Waals surface area contributed by atoms with Crippen molar-refractivity contribution < 1.29 is 4.79 Å². The van der Waals surface area contributed by atoms with E-state index in [1.54, 1.807) is 10.7 Å². The van der Waals surface area contributed by atoms with Gasteiger partial charge in [-0.2, -0.15) is 0 Å². The third-order valence-corrected chi connectivity index (χ3v) is 4.99. The highest BCUT2D eigenvalue weighted by atomic mass is 35.5. The van der Waals surface area contributed by atoms with Crippen LogP contribution >= 0.6 is 11.6 Å². The van der Waals surface area contributed by atoms with Gasteiger partial charge in [-0.15, -0.1) is 5.10 Å². The molecule has 3 rings (SSSR count). The average molecular weight is 376 g/mol. The number of benzene rings is 1. The van der Waals surface area contributed by atoms with E-state index in [0.717, 1.165) is 31.0 Å². The van der Waals surface area contributed by atoms with Crippen molar-refractivity contribution in [2.45, 2.75) is 39.0 Å². The average Bonchev–Trinajstić information content (AvgIpc) is 3.08. The van der Waals surface area contributed by atoms with E-state index in [1.807, 2.05) is 32.0 Å². The normalized spacial score (nSPS) is 17.5. The van der Waals surface area contributed by atoms with E-state index in [9.17, 15) is 4.79 Å². The van der Waals surface area contributed by atoms with Crippen molar-refractivity contribution >= 4 is 17.5 Å². The molecule has 0 aliphatic carbocycles. The maximum Gasteiger partial charge on any atom is 0.290 e. The van der Waals surface area contributed by atoms with Gasteiger partial charge < -0.3 is 10.6 Å². The summed E-state index contributed by atoms with van der Waals surface area (Å²) < 4.78 is 1.67. The lowest BCUT2D eigenvalue weighted by Gasteiger charge is -2.22. The fraction of sp³-hybridized carbons (Fsp3) is 0.526. The number of rotatable bonds is 6. The van der Waals surface area contributed by atoms with Crippen LogP contribution in [0.15, 0.2) is 24.3 Å². The molecule has 6 nitrogen and oxygen atoms in total. The van der Waals surface area contributed by atoms with Crippen LogP contribution in [-0.2, 0) is 0 Å². The molecular formula is C19H26ClN5O. The molecule has 2 aromatic rings. The number of hydrogen-bond acceptors (Lipinski definition) is 4. The second-order valence-electron chi connectivity index (χ2n) is 7.07. The van der Waals surface area contributed by atoms with E-state index in [4.69, 9.17) is 11.6 Å².